The molecule has 28 heavy (non-hydrogen) atoms. The Morgan fingerprint density at radius 1 is 0.536 bits per heavy atom. The summed E-state index contributed by atoms with van der Waals surface area (Å²) in [4.78, 5) is 0. The standard InChI is InChI=1S/C19H45NO6Si2/c1-8-19(20,15-17-27(21-9-2,22-10-3)23-11-4)16-18-28(24-12-5,25-13-6)26-14-7/h8-18,20H2,1-7H3. The molecule has 0 saturated heterocycles. The Kier molecular flexibility index (Phi) is 15.1. The van der Waals surface area contributed by atoms with Gasteiger partial charge in [-0.2, -0.15) is 0 Å². The van der Waals surface area contributed by atoms with Crippen molar-refractivity contribution in [2.45, 2.75) is 85.4 Å². The third kappa shape index (κ3) is 9.77. The van der Waals surface area contributed by atoms with Gasteiger partial charge in [-0.25, -0.2) is 0 Å². The van der Waals surface area contributed by atoms with Crippen molar-refractivity contribution in [2.75, 3.05) is 39.6 Å². The van der Waals surface area contributed by atoms with E-state index in [0.717, 1.165) is 19.3 Å². The highest BCUT2D eigenvalue weighted by Gasteiger charge is 2.45. The van der Waals surface area contributed by atoms with E-state index < -0.39 is 17.6 Å². The molecule has 0 amide bonds. The molecule has 0 bridgehead atoms. The second-order valence-corrected chi connectivity index (χ2v) is 12.1. The fourth-order valence-corrected chi connectivity index (χ4v) is 8.90. The summed E-state index contributed by atoms with van der Waals surface area (Å²) in [6, 6.07) is 1.42. The van der Waals surface area contributed by atoms with Crippen molar-refractivity contribution in [3.8, 4) is 0 Å². The monoisotopic (exact) mass is 439 g/mol. The number of hydrogen-bond acceptors (Lipinski definition) is 7. The lowest BCUT2D eigenvalue weighted by Crippen LogP contribution is -2.51. The molecule has 0 aromatic rings. The normalized spacial score (nSPS) is 13.3. The van der Waals surface area contributed by atoms with Crippen LogP contribution in [0.4, 0.5) is 0 Å². The van der Waals surface area contributed by atoms with Crippen LogP contribution < -0.4 is 5.73 Å². The minimum absolute atomic E-state index is 0.368. The summed E-state index contributed by atoms with van der Waals surface area (Å²) in [7, 11) is -5.41. The lowest BCUT2D eigenvalue weighted by molar-refractivity contribution is 0.0658. The molecule has 0 aliphatic heterocycles. The van der Waals surface area contributed by atoms with Gasteiger partial charge in [0.1, 0.15) is 0 Å². The average molecular weight is 440 g/mol. The molecule has 0 saturated carbocycles. The van der Waals surface area contributed by atoms with Crippen LogP contribution in [0.1, 0.15) is 67.7 Å². The molecule has 0 fully saturated rings. The van der Waals surface area contributed by atoms with E-state index in [-0.39, 0.29) is 5.54 Å². The van der Waals surface area contributed by atoms with Crippen LogP contribution >= 0.6 is 0 Å². The Hall–Kier alpha value is 0.154. The first kappa shape index (κ1) is 28.2. The van der Waals surface area contributed by atoms with E-state index in [1.165, 1.54) is 0 Å². The largest absolute Gasteiger partial charge is 0.500 e. The van der Waals surface area contributed by atoms with Crippen molar-refractivity contribution in [3.63, 3.8) is 0 Å². The maximum absolute atomic E-state index is 6.80. The van der Waals surface area contributed by atoms with Crippen molar-refractivity contribution in [3.05, 3.63) is 0 Å². The fraction of sp³-hybridized carbons (Fsp3) is 1.00. The summed E-state index contributed by atoms with van der Waals surface area (Å²) in [5, 5.41) is 0. The summed E-state index contributed by atoms with van der Waals surface area (Å²) >= 11 is 0. The average Bonchev–Trinajstić information content (AvgIpc) is 2.66. The van der Waals surface area contributed by atoms with Gasteiger partial charge < -0.3 is 32.3 Å². The van der Waals surface area contributed by atoms with Gasteiger partial charge in [-0.3, -0.25) is 0 Å². The van der Waals surface area contributed by atoms with Crippen LogP contribution in [0.25, 0.3) is 0 Å². The molecular formula is C19H45NO6Si2. The molecule has 7 nitrogen and oxygen atoms in total. The lowest BCUT2D eigenvalue weighted by atomic mass is 9.91. The van der Waals surface area contributed by atoms with Gasteiger partial charge in [0.25, 0.3) is 0 Å². The van der Waals surface area contributed by atoms with E-state index in [2.05, 4.69) is 6.92 Å². The van der Waals surface area contributed by atoms with Crippen molar-refractivity contribution in [1.29, 1.82) is 0 Å². The van der Waals surface area contributed by atoms with Crippen LogP contribution in [-0.2, 0) is 26.6 Å². The van der Waals surface area contributed by atoms with Gasteiger partial charge in [0, 0.05) is 57.3 Å². The minimum Gasteiger partial charge on any atom is -0.374 e. The Morgan fingerprint density at radius 2 is 0.786 bits per heavy atom. The summed E-state index contributed by atoms with van der Waals surface area (Å²) in [6.45, 7) is 17.4. The molecule has 0 unspecified atom stereocenters. The predicted octanol–water partition coefficient (Wildman–Crippen LogP) is 3.97. The molecule has 2 N–H and O–H groups in total. The van der Waals surface area contributed by atoms with Crippen LogP contribution in [0.2, 0.25) is 12.1 Å². The second kappa shape index (κ2) is 15.0. The maximum atomic E-state index is 6.80. The van der Waals surface area contributed by atoms with E-state index in [4.69, 9.17) is 32.3 Å². The maximum Gasteiger partial charge on any atom is 0.500 e. The smallest absolute Gasteiger partial charge is 0.374 e. The van der Waals surface area contributed by atoms with Crippen LogP contribution in [-0.4, -0.2) is 62.8 Å². The lowest BCUT2D eigenvalue weighted by Gasteiger charge is -2.36. The van der Waals surface area contributed by atoms with E-state index in [1.807, 2.05) is 41.5 Å². The number of nitrogens with two attached hydrogens (primary N) is 1. The van der Waals surface area contributed by atoms with E-state index in [0.29, 0.717) is 51.7 Å². The fourth-order valence-electron chi connectivity index (χ4n) is 3.29. The Bertz CT molecular complexity index is 325. The molecule has 0 aliphatic rings. The van der Waals surface area contributed by atoms with Crippen molar-refractivity contribution in [1.82, 2.24) is 0 Å². The first-order chi connectivity index (χ1) is 13.3. The van der Waals surface area contributed by atoms with E-state index >= 15 is 0 Å². The molecule has 0 heterocycles. The van der Waals surface area contributed by atoms with Gasteiger partial charge in [0.2, 0.25) is 0 Å². The Morgan fingerprint density at radius 3 is 0.964 bits per heavy atom. The van der Waals surface area contributed by atoms with Crippen LogP contribution in [0.5, 0.6) is 0 Å². The Balaban J connectivity index is 5.20. The Labute approximate surface area is 175 Å². The van der Waals surface area contributed by atoms with Gasteiger partial charge in [0.15, 0.2) is 0 Å². The molecule has 0 aromatic heterocycles. The number of hydrogen-bond donors (Lipinski definition) is 1. The molecule has 0 aromatic carbocycles. The highest BCUT2D eigenvalue weighted by molar-refractivity contribution is 6.61. The van der Waals surface area contributed by atoms with Crippen LogP contribution in [0.15, 0.2) is 0 Å². The summed E-state index contributed by atoms with van der Waals surface area (Å²) < 4.78 is 35.9. The highest BCUT2D eigenvalue weighted by Crippen LogP contribution is 2.30. The zero-order valence-electron chi connectivity index (χ0n) is 19.3. The molecular weight excluding hydrogens is 394 g/mol. The van der Waals surface area contributed by atoms with Gasteiger partial charge in [-0.05, 0) is 60.8 Å². The first-order valence-electron chi connectivity index (χ1n) is 11.0. The highest BCUT2D eigenvalue weighted by atomic mass is 28.4. The topological polar surface area (TPSA) is 81.4 Å². The molecule has 0 radical (unpaired) electrons. The van der Waals surface area contributed by atoms with Crippen molar-refractivity contribution >= 4 is 17.6 Å². The van der Waals surface area contributed by atoms with Crippen LogP contribution in [0.3, 0.4) is 0 Å². The third-order valence-corrected chi connectivity index (χ3v) is 10.8. The second-order valence-electron chi connectivity index (χ2n) is 6.68. The van der Waals surface area contributed by atoms with Crippen molar-refractivity contribution in [2.24, 2.45) is 5.73 Å². The first-order valence-corrected chi connectivity index (χ1v) is 14.8. The SMILES string of the molecule is CCO[Si](CCC(N)(CC)CC[Si](OCC)(OCC)OCC)(OCC)OCC. The quantitative estimate of drug-likeness (QED) is 0.305. The summed E-state index contributed by atoms with van der Waals surface area (Å²) in [5.74, 6) is 0. The predicted molar refractivity (Wildman–Crippen MR) is 117 cm³/mol. The van der Waals surface area contributed by atoms with Gasteiger partial charge in [-0.1, -0.05) is 6.92 Å². The van der Waals surface area contributed by atoms with Gasteiger partial charge in [0.05, 0.1) is 0 Å². The zero-order chi connectivity index (χ0) is 21.5. The summed E-state index contributed by atoms with van der Waals surface area (Å²) in [6.07, 6.45) is 2.38. The third-order valence-electron chi connectivity index (χ3n) is 4.75. The van der Waals surface area contributed by atoms with Gasteiger partial charge in [-0.15, -0.1) is 0 Å². The molecule has 170 valence electrons. The van der Waals surface area contributed by atoms with Crippen molar-refractivity contribution < 1.29 is 26.6 Å². The minimum atomic E-state index is -2.70. The van der Waals surface area contributed by atoms with E-state index in [1.54, 1.807) is 0 Å². The zero-order valence-corrected chi connectivity index (χ0v) is 21.3. The molecule has 0 rings (SSSR count). The molecule has 0 aliphatic carbocycles. The van der Waals surface area contributed by atoms with E-state index in [9.17, 15) is 0 Å². The summed E-state index contributed by atoms with van der Waals surface area (Å²) in [5.41, 5.74) is 6.43. The van der Waals surface area contributed by atoms with Gasteiger partial charge >= 0.3 is 17.6 Å². The molecule has 9 heteroatoms. The van der Waals surface area contributed by atoms with Crippen LogP contribution in [0, 0.1) is 0 Å². The molecule has 0 atom stereocenters. The molecule has 0 spiro atoms. The number of rotatable bonds is 19.